The van der Waals surface area contributed by atoms with Crippen LogP contribution in [0.25, 0.3) is 0 Å². The molecule has 0 aliphatic rings. The normalized spacial score (nSPS) is 13.4. The molecule has 350 valence electrons. The predicted molar refractivity (Wildman–Crippen MR) is 251 cm³/mol. The van der Waals surface area contributed by atoms with Gasteiger partial charge in [-0.3, -0.25) is 19.4 Å². The van der Waals surface area contributed by atoms with Crippen molar-refractivity contribution in [1.82, 2.24) is 0 Å². The number of nitrogens with zero attached hydrogens (tertiary/aromatic N) is 2. The number of aliphatic carboxylic acids is 1. The van der Waals surface area contributed by atoms with Crippen molar-refractivity contribution in [2.75, 3.05) is 40.3 Å². The first kappa shape index (κ1) is 57.1. The van der Waals surface area contributed by atoms with Crippen LogP contribution in [0.3, 0.4) is 0 Å². The summed E-state index contributed by atoms with van der Waals surface area (Å²) in [6, 6.07) is 0. The van der Waals surface area contributed by atoms with Crippen LogP contribution < -0.4 is 17.2 Å². The number of carbonyl (C=O) groups is 3. The Hall–Kier alpha value is -2.92. The maximum atomic E-state index is 13.0. The summed E-state index contributed by atoms with van der Waals surface area (Å²) < 4.78 is 11.9. The van der Waals surface area contributed by atoms with E-state index in [0.717, 1.165) is 70.6 Å². The molecule has 0 heterocycles. The van der Waals surface area contributed by atoms with Crippen molar-refractivity contribution in [2.24, 2.45) is 22.2 Å². The Kier molecular flexibility index (Phi) is 37.1. The van der Waals surface area contributed by atoms with Crippen LogP contribution in [0.2, 0.25) is 0 Å². The molecule has 0 saturated heterocycles. The maximum Gasteiger partial charge on any atom is 0.323 e. The number of unbranched alkanes of at least 4 members (excludes halogenated alkanes) is 22. The molecule has 0 aliphatic heterocycles. The number of allylic oxidation sites excluding steroid dienone is 4. The summed E-state index contributed by atoms with van der Waals surface area (Å²) in [5, 5.41) is 9.97. The molecule has 11 nitrogen and oxygen atoms in total. The number of aliphatic imine (C=N–C) groups is 1. The highest BCUT2D eigenvalue weighted by atomic mass is 16.6. The summed E-state index contributed by atoms with van der Waals surface area (Å²) in [4.78, 5) is 41.9. The molecule has 2 atom stereocenters. The SMILES string of the molecule is CCCCCCCC/C=C\CCCCCCCC(=O)OCC(C[N+](C)(C)CCC(N)(CCCN=C(N)N)C(=O)O)OC(=O)CCCCCCC/C=C\CCCCCCCC. The van der Waals surface area contributed by atoms with E-state index in [9.17, 15) is 19.5 Å². The van der Waals surface area contributed by atoms with Crippen LogP contribution in [0.1, 0.15) is 213 Å². The van der Waals surface area contributed by atoms with Crippen LogP contribution in [-0.4, -0.2) is 85.4 Å². The lowest BCUT2D eigenvalue weighted by Crippen LogP contribution is -2.55. The van der Waals surface area contributed by atoms with Gasteiger partial charge >= 0.3 is 17.9 Å². The first-order valence-electron chi connectivity index (χ1n) is 24.4. The number of carboxylic acids is 1. The molecule has 0 amide bonds. The van der Waals surface area contributed by atoms with Crippen molar-refractivity contribution in [1.29, 1.82) is 0 Å². The van der Waals surface area contributed by atoms with Crippen LogP contribution in [0, 0.1) is 0 Å². The number of carboxylic acid groups (broad SMARTS) is 1. The predicted octanol–water partition coefficient (Wildman–Crippen LogP) is 10.8. The quantitative estimate of drug-likeness (QED) is 0.0116. The summed E-state index contributed by atoms with van der Waals surface area (Å²) >= 11 is 0. The Bertz CT molecular complexity index is 1160. The maximum absolute atomic E-state index is 13.0. The van der Waals surface area contributed by atoms with Gasteiger partial charge in [0.25, 0.3) is 0 Å². The van der Waals surface area contributed by atoms with Crippen LogP contribution in [0.5, 0.6) is 0 Å². The molecular weight excluding hydrogens is 755 g/mol. The largest absolute Gasteiger partial charge is 0.480 e. The van der Waals surface area contributed by atoms with Gasteiger partial charge in [-0.2, -0.15) is 0 Å². The molecule has 0 aliphatic carbocycles. The van der Waals surface area contributed by atoms with Crippen molar-refractivity contribution in [3.63, 3.8) is 0 Å². The fraction of sp³-hybridized carbons (Fsp3) is 0.837. The number of esters is 2. The van der Waals surface area contributed by atoms with Gasteiger partial charge in [0, 0.05) is 25.8 Å². The second-order valence-corrected chi connectivity index (χ2v) is 17.9. The lowest BCUT2D eigenvalue weighted by atomic mass is 9.90. The van der Waals surface area contributed by atoms with Gasteiger partial charge in [-0.1, -0.05) is 141 Å². The molecule has 11 heteroatoms. The van der Waals surface area contributed by atoms with E-state index in [1.54, 1.807) is 0 Å². The van der Waals surface area contributed by atoms with E-state index in [2.05, 4.69) is 43.1 Å². The zero-order valence-corrected chi connectivity index (χ0v) is 39.3. The van der Waals surface area contributed by atoms with Crippen molar-refractivity contribution in [3.05, 3.63) is 24.3 Å². The van der Waals surface area contributed by atoms with Gasteiger partial charge in [-0.05, 0) is 77.0 Å². The molecule has 0 saturated carbocycles. The zero-order chi connectivity index (χ0) is 44.6. The Labute approximate surface area is 367 Å². The van der Waals surface area contributed by atoms with Crippen LogP contribution in [-0.2, 0) is 23.9 Å². The van der Waals surface area contributed by atoms with E-state index in [4.69, 9.17) is 26.7 Å². The Morgan fingerprint density at radius 1 is 0.617 bits per heavy atom. The zero-order valence-electron chi connectivity index (χ0n) is 39.3. The van der Waals surface area contributed by atoms with Crippen molar-refractivity contribution in [2.45, 2.75) is 225 Å². The average Bonchev–Trinajstić information content (AvgIpc) is 3.20. The third-order valence-corrected chi connectivity index (χ3v) is 11.4. The van der Waals surface area contributed by atoms with Crippen molar-refractivity contribution >= 4 is 23.9 Å². The molecule has 0 fully saturated rings. The summed E-state index contributed by atoms with van der Waals surface area (Å²) in [5.74, 6) is -1.72. The number of ether oxygens (including phenoxy) is 2. The molecule has 0 aromatic rings. The second-order valence-electron chi connectivity index (χ2n) is 17.9. The van der Waals surface area contributed by atoms with Crippen LogP contribution in [0.15, 0.2) is 29.3 Å². The number of likely N-dealkylation sites (N-methyl/N-ethyl adjacent to an activating group) is 1. The minimum Gasteiger partial charge on any atom is -0.480 e. The number of guanidine groups is 1. The summed E-state index contributed by atoms with van der Waals surface area (Å²) in [6.45, 7) is 5.53. The van der Waals surface area contributed by atoms with E-state index in [1.165, 1.54) is 96.3 Å². The van der Waals surface area contributed by atoms with E-state index in [0.29, 0.717) is 43.4 Å². The molecule has 2 unspecified atom stereocenters. The molecule has 60 heavy (non-hydrogen) atoms. The highest BCUT2D eigenvalue weighted by Gasteiger charge is 2.37. The molecule has 7 N–H and O–H groups in total. The minimum atomic E-state index is -1.46. The number of quaternary nitrogens is 1. The Morgan fingerprint density at radius 2 is 1.03 bits per heavy atom. The fourth-order valence-corrected chi connectivity index (χ4v) is 7.39. The van der Waals surface area contributed by atoms with E-state index >= 15 is 0 Å². The summed E-state index contributed by atoms with van der Waals surface area (Å²) in [6.07, 6.45) is 41.0. The summed E-state index contributed by atoms with van der Waals surface area (Å²) in [5.41, 5.74) is 15.7. The molecule has 0 aromatic heterocycles. The number of hydrogen-bond acceptors (Lipinski definition) is 7. The molecule has 0 rings (SSSR count). The number of hydrogen-bond donors (Lipinski definition) is 4. The first-order chi connectivity index (χ1) is 28.8. The monoisotopic (exact) mass is 849 g/mol. The fourth-order valence-electron chi connectivity index (χ4n) is 7.39. The lowest BCUT2D eigenvalue weighted by Gasteiger charge is -2.35. The van der Waals surface area contributed by atoms with Gasteiger partial charge in [0.05, 0.1) is 20.6 Å². The first-order valence-corrected chi connectivity index (χ1v) is 24.4. The van der Waals surface area contributed by atoms with Gasteiger partial charge < -0.3 is 36.3 Å². The lowest BCUT2D eigenvalue weighted by molar-refractivity contribution is -0.893. The van der Waals surface area contributed by atoms with Gasteiger partial charge in [0.1, 0.15) is 18.7 Å². The Balaban J connectivity index is 4.81. The van der Waals surface area contributed by atoms with Gasteiger partial charge in [0.2, 0.25) is 0 Å². The van der Waals surface area contributed by atoms with E-state index < -0.39 is 17.6 Å². The summed E-state index contributed by atoms with van der Waals surface area (Å²) in [7, 11) is 3.89. The average molecular weight is 849 g/mol. The van der Waals surface area contributed by atoms with Crippen LogP contribution in [0.4, 0.5) is 0 Å². The number of carbonyl (C=O) groups excluding carboxylic acids is 2. The third-order valence-electron chi connectivity index (χ3n) is 11.4. The van der Waals surface area contributed by atoms with E-state index in [-0.39, 0.29) is 37.3 Å². The number of rotatable bonds is 43. The standard InChI is InChI=1S/C49H93N5O6/c1-5-7-9-11-13-15-17-19-21-23-25-27-29-31-33-36-45(55)59-43-44(42-54(3,4)41-39-49(52,47(57)58)38-35-40-53-48(50)51)60-46(56)37-34-32-30-28-26-24-22-20-18-16-14-12-10-8-6-2/h19-22,44H,5-18,23-43,52H2,1-4H3,(H4-,50,51,53,57,58)/p+1/b21-19-,22-20-. The van der Waals surface area contributed by atoms with Crippen molar-refractivity contribution < 1.29 is 33.4 Å². The van der Waals surface area contributed by atoms with Crippen LogP contribution >= 0.6 is 0 Å². The highest BCUT2D eigenvalue weighted by Crippen LogP contribution is 2.19. The molecule has 0 spiro atoms. The van der Waals surface area contributed by atoms with Crippen molar-refractivity contribution in [3.8, 4) is 0 Å². The van der Waals surface area contributed by atoms with Gasteiger partial charge in [-0.15, -0.1) is 0 Å². The van der Waals surface area contributed by atoms with Gasteiger partial charge in [0.15, 0.2) is 12.1 Å². The smallest absolute Gasteiger partial charge is 0.323 e. The topological polar surface area (TPSA) is 180 Å². The molecular formula is C49H94N5O6+. The minimum absolute atomic E-state index is 0.0328. The molecule has 0 aromatic carbocycles. The Morgan fingerprint density at radius 3 is 1.47 bits per heavy atom. The highest BCUT2D eigenvalue weighted by molar-refractivity contribution is 5.78. The molecule has 0 radical (unpaired) electrons. The third kappa shape index (κ3) is 36.9. The molecule has 0 bridgehead atoms. The van der Waals surface area contributed by atoms with E-state index in [1.807, 2.05) is 14.1 Å². The van der Waals surface area contributed by atoms with Gasteiger partial charge in [-0.25, -0.2) is 0 Å². The number of nitrogens with two attached hydrogens (primary N) is 3. The second kappa shape index (κ2) is 39.0.